The van der Waals surface area contributed by atoms with Crippen LogP contribution < -0.4 is 4.74 Å². The van der Waals surface area contributed by atoms with E-state index in [-0.39, 0.29) is 11.6 Å². The molecular formula is C15H12ClFO2. The molecule has 2 nitrogen and oxygen atoms in total. The van der Waals surface area contributed by atoms with E-state index in [0.29, 0.717) is 22.1 Å². The molecule has 0 unspecified atom stereocenters. The summed E-state index contributed by atoms with van der Waals surface area (Å²) in [6, 6.07) is 9.08. The number of rotatable bonds is 3. The Hall–Kier alpha value is -1.87. The predicted molar refractivity (Wildman–Crippen MR) is 72.7 cm³/mol. The molecule has 0 amide bonds. The summed E-state index contributed by atoms with van der Waals surface area (Å²) in [7, 11) is 0. The lowest BCUT2D eigenvalue weighted by Crippen LogP contribution is -1.94. The molecule has 2 aromatic rings. The van der Waals surface area contributed by atoms with E-state index in [2.05, 4.69) is 0 Å². The number of benzene rings is 2. The predicted octanol–water partition coefficient (Wildman–Crippen LogP) is 4.78. The van der Waals surface area contributed by atoms with Crippen LogP contribution >= 0.6 is 11.6 Å². The number of halogens is 2. The van der Waals surface area contributed by atoms with Gasteiger partial charge in [0.1, 0.15) is 17.3 Å². The summed E-state index contributed by atoms with van der Waals surface area (Å²) in [5.74, 6) is 0.404. The third-order valence-corrected chi connectivity index (χ3v) is 3.01. The molecule has 0 fully saturated rings. The zero-order valence-corrected chi connectivity index (χ0v) is 11.3. The van der Waals surface area contributed by atoms with E-state index in [9.17, 15) is 9.18 Å². The standard InChI is InChI=1S/C15H12ClFO2/c1-9-3-4-11(17)7-15(9)19-12-5-6-13(10(2)18)14(16)8-12/h3-8H,1-2H3. The monoisotopic (exact) mass is 278 g/mol. The maximum absolute atomic E-state index is 13.1. The maximum atomic E-state index is 13.1. The van der Waals surface area contributed by atoms with Crippen molar-refractivity contribution < 1.29 is 13.9 Å². The van der Waals surface area contributed by atoms with Gasteiger partial charge in [0, 0.05) is 17.7 Å². The summed E-state index contributed by atoms with van der Waals surface area (Å²) in [5.41, 5.74) is 1.25. The lowest BCUT2D eigenvalue weighted by atomic mass is 10.1. The first-order valence-electron chi connectivity index (χ1n) is 5.72. The first-order valence-corrected chi connectivity index (χ1v) is 6.09. The maximum Gasteiger partial charge on any atom is 0.161 e. The summed E-state index contributed by atoms with van der Waals surface area (Å²) >= 11 is 5.99. The molecule has 0 radical (unpaired) electrons. The van der Waals surface area contributed by atoms with Crippen LogP contribution in [0.15, 0.2) is 36.4 Å². The molecular weight excluding hydrogens is 267 g/mol. The number of hydrogen-bond donors (Lipinski definition) is 0. The fraction of sp³-hybridized carbons (Fsp3) is 0.133. The van der Waals surface area contributed by atoms with E-state index < -0.39 is 0 Å². The van der Waals surface area contributed by atoms with E-state index in [1.54, 1.807) is 24.3 Å². The molecule has 98 valence electrons. The van der Waals surface area contributed by atoms with Crippen molar-refractivity contribution in [2.75, 3.05) is 0 Å². The van der Waals surface area contributed by atoms with Crippen molar-refractivity contribution >= 4 is 17.4 Å². The largest absolute Gasteiger partial charge is 0.457 e. The van der Waals surface area contributed by atoms with Gasteiger partial charge in [0.2, 0.25) is 0 Å². The van der Waals surface area contributed by atoms with Gasteiger partial charge in [-0.05, 0) is 37.6 Å². The minimum Gasteiger partial charge on any atom is -0.457 e. The van der Waals surface area contributed by atoms with Crippen molar-refractivity contribution in [1.29, 1.82) is 0 Å². The molecule has 0 heterocycles. The number of ether oxygens (including phenoxy) is 1. The molecule has 19 heavy (non-hydrogen) atoms. The molecule has 4 heteroatoms. The second-order valence-electron chi connectivity index (χ2n) is 4.21. The molecule has 0 aromatic heterocycles. The van der Waals surface area contributed by atoms with Crippen molar-refractivity contribution in [1.82, 2.24) is 0 Å². The van der Waals surface area contributed by atoms with Crippen LogP contribution in [0.2, 0.25) is 5.02 Å². The summed E-state index contributed by atoms with van der Waals surface area (Å²) in [4.78, 5) is 11.3. The van der Waals surface area contributed by atoms with Crippen molar-refractivity contribution in [2.24, 2.45) is 0 Å². The molecule has 2 rings (SSSR count). The summed E-state index contributed by atoms with van der Waals surface area (Å²) in [6.45, 7) is 3.26. The number of carbonyl (C=O) groups excluding carboxylic acids is 1. The van der Waals surface area contributed by atoms with Gasteiger partial charge < -0.3 is 4.74 Å². The average Bonchev–Trinajstić information content (AvgIpc) is 2.33. The van der Waals surface area contributed by atoms with E-state index in [1.165, 1.54) is 19.1 Å². The SMILES string of the molecule is CC(=O)c1ccc(Oc2cc(F)ccc2C)cc1Cl. The average molecular weight is 279 g/mol. The van der Waals surface area contributed by atoms with Gasteiger partial charge in [-0.3, -0.25) is 4.79 Å². The quantitative estimate of drug-likeness (QED) is 0.755. The number of aryl methyl sites for hydroxylation is 1. The van der Waals surface area contributed by atoms with Crippen LogP contribution in [0.3, 0.4) is 0 Å². The smallest absolute Gasteiger partial charge is 0.161 e. The van der Waals surface area contributed by atoms with Crippen molar-refractivity contribution in [2.45, 2.75) is 13.8 Å². The summed E-state index contributed by atoms with van der Waals surface area (Å²) < 4.78 is 18.7. The van der Waals surface area contributed by atoms with Crippen LogP contribution in [0.4, 0.5) is 4.39 Å². The van der Waals surface area contributed by atoms with Gasteiger partial charge in [-0.1, -0.05) is 17.7 Å². The van der Waals surface area contributed by atoms with Crippen LogP contribution in [-0.2, 0) is 0 Å². The molecule has 0 aliphatic heterocycles. The van der Waals surface area contributed by atoms with Crippen LogP contribution in [-0.4, -0.2) is 5.78 Å². The third kappa shape index (κ3) is 3.12. The fourth-order valence-electron chi connectivity index (χ4n) is 1.66. The van der Waals surface area contributed by atoms with Crippen LogP contribution in [0, 0.1) is 12.7 Å². The number of ketones is 1. The highest BCUT2D eigenvalue weighted by Gasteiger charge is 2.08. The van der Waals surface area contributed by atoms with E-state index in [4.69, 9.17) is 16.3 Å². The number of Topliss-reactive ketones (excluding diaryl/α,β-unsaturated/α-hetero) is 1. The number of hydrogen-bond acceptors (Lipinski definition) is 2. The molecule has 0 bridgehead atoms. The molecule has 0 aliphatic carbocycles. The molecule has 0 atom stereocenters. The third-order valence-electron chi connectivity index (χ3n) is 2.70. The first-order chi connectivity index (χ1) is 8.97. The van der Waals surface area contributed by atoms with Crippen molar-refractivity contribution in [3.05, 3.63) is 58.4 Å². The van der Waals surface area contributed by atoms with Crippen LogP contribution in [0.5, 0.6) is 11.5 Å². The summed E-state index contributed by atoms with van der Waals surface area (Å²) in [6.07, 6.45) is 0. The van der Waals surface area contributed by atoms with E-state index >= 15 is 0 Å². The van der Waals surface area contributed by atoms with Gasteiger partial charge >= 0.3 is 0 Å². The van der Waals surface area contributed by atoms with Crippen LogP contribution in [0.1, 0.15) is 22.8 Å². The molecule has 0 N–H and O–H groups in total. The van der Waals surface area contributed by atoms with Crippen molar-refractivity contribution in [3.63, 3.8) is 0 Å². The Balaban J connectivity index is 2.31. The van der Waals surface area contributed by atoms with Gasteiger partial charge in [-0.15, -0.1) is 0 Å². The molecule has 2 aromatic carbocycles. The van der Waals surface area contributed by atoms with Crippen LogP contribution in [0.25, 0.3) is 0 Å². The number of carbonyl (C=O) groups is 1. The highest BCUT2D eigenvalue weighted by Crippen LogP contribution is 2.29. The highest BCUT2D eigenvalue weighted by molar-refractivity contribution is 6.34. The molecule has 0 aliphatic rings. The second-order valence-corrected chi connectivity index (χ2v) is 4.62. The topological polar surface area (TPSA) is 26.3 Å². The lowest BCUT2D eigenvalue weighted by Gasteiger charge is -2.10. The summed E-state index contributed by atoms with van der Waals surface area (Å²) in [5, 5.41) is 0.319. The second kappa shape index (κ2) is 5.41. The Morgan fingerprint density at radius 3 is 2.58 bits per heavy atom. The Kier molecular flexibility index (Phi) is 3.86. The zero-order chi connectivity index (χ0) is 14.0. The molecule has 0 spiro atoms. The van der Waals surface area contributed by atoms with Gasteiger partial charge in [0.25, 0.3) is 0 Å². The van der Waals surface area contributed by atoms with Gasteiger partial charge in [0.15, 0.2) is 5.78 Å². The van der Waals surface area contributed by atoms with Crippen molar-refractivity contribution in [3.8, 4) is 11.5 Å². The Morgan fingerprint density at radius 1 is 1.21 bits per heavy atom. The normalized spacial score (nSPS) is 10.3. The minimum absolute atomic E-state index is 0.113. The highest BCUT2D eigenvalue weighted by atomic mass is 35.5. The molecule has 0 saturated heterocycles. The fourth-order valence-corrected chi connectivity index (χ4v) is 1.96. The van der Waals surface area contributed by atoms with Gasteiger partial charge in [-0.25, -0.2) is 4.39 Å². The first kappa shape index (κ1) is 13.6. The van der Waals surface area contributed by atoms with Gasteiger partial charge in [0.05, 0.1) is 5.02 Å². The Labute approximate surface area is 115 Å². The zero-order valence-electron chi connectivity index (χ0n) is 10.5. The molecule has 0 saturated carbocycles. The van der Waals surface area contributed by atoms with E-state index in [1.807, 2.05) is 6.92 Å². The lowest BCUT2D eigenvalue weighted by molar-refractivity contribution is 0.101. The van der Waals surface area contributed by atoms with E-state index in [0.717, 1.165) is 5.56 Å². The Bertz CT molecular complexity index is 638. The van der Waals surface area contributed by atoms with Gasteiger partial charge in [-0.2, -0.15) is 0 Å². The minimum atomic E-state index is -0.368. The Morgan fingerprint density at radius 2 is 1.95 bits per heavy atom.